The minimum atomic E-state index is -0.595. The largest absolute Gasteiger partial charge is 0.396 e. The van der Waals surface area contributed by atoms with Crippen LogP contribution in [0.5, 0.6) is 0 Å². The summed E-state index contributed by atoms with van der Waals surface area (Å²) in [4.78, 5) is 0. The van der Waals surface area contributed by atoms with Gasteiger partial charge in [0.2, 0.25) is 0 Å². The summed E-state index contributed by atoms with van der Waals surface area (Å²) >= 11 is 0. The highest BCUT2D eigenvalue weighted by atomic mass is 19.1. The van der Waals surface area contributed by atoms with Gasteiger partial charge in [-0.2, -0.15) is 0 Å². The number of aliphatic hydroxyl groups is 1. The molecule has 1 rings (SSSR count). The van der Waals surface area contributed by atoms with Gasteiger partial charge in [-0.15, -0.1) is 0 Å². The van der Waals surface area contributed by atoms with E-state index in [-0.39, 0.29) is 6.61 Å². The van der Waals surface area contributed by atoms with Crippen LogP contribution >= 0.6 is 0 Å². The molecule has 0 aromatic heterocycles. The summed E-state index contributed by atoms with van der Waals surface area (Å²) in [6, 6.07) is 3.40. The van der Waals surface area contributed by atoms with Crippen LogP contribution in [-0.4, -0.2) is 31.0 Å². The first-order valence-electron chi connectivity index (χ1n) is 5.79. The van der Waals surface area contributed by atoms with Crippen molar-refractivity contribution in [3.8, 4) is 0 Å². The lowest BCUT2D eigenvalue weighted by molar-refractivity contribution is 0.0969. The highest BCUT2D eigenvalue weighted by Gasteiger charge is 2.22. The normalized spacial score (nSPS) is 14.5. The van der Waals surface area contributed by atoms with Crippen LogP contribution in [0.4, 0.5) is 8.78 Å². The summed E-state index contributed by atoms with van der Waals surface area (Å²) in [5.41, 5.74) is 0.0968. The van der Waals surface area contributed by atoms with Crippen molar-refractivity contribution in [1.82, 2.24) is 5.32 Å². The highest BCUT2D eigenvalue weighted by molar-refractivity contribution is 5.18. The molecule has 1 atom stereocenters. The number of aliphatic hydroxyl groups excluding tert-OH is 1. The molecule has 0 fully saturated rings. The number of benzene rings is 1. The summed E-state index contributed by atoms with van der Waals surface area (Å²) < 4.78 is 31.1. The first kappa shape index (κ1) is 15.0. The summed E-state index contributed by atoms with van der Waals surface area (Å²) in [6.45, 7) is 2.63. The van der Waals surface area contributed by atoms with E-state index in [0.717, 1.165) is 6.07 Å². The van der Waals surface area contributed by atoms with E-state index in [1.54, 1.807) is 7.11 Å². The average Bonchev–Trinajstić information content (AvgIpc) is 2.26. The zero-order valence-electron chi connectivity index (χ0n) is 10.7. The lowest BCUT2D eigenvalue weighted by atomic mass is 9.99. The molecule has 0 aliphatic rings. The molecule has 0 spiro atoms. The van der Waals surface area contributed by atoms with Crippen molar-refractivity contribution in [2.24, 2.45) is 0 Å². The Morgan fingerprint density at radius 1 is 1.28 bits per heavy atom. The third-order valence-corrected chi connectivity index (χ3v) is 2.77. The summed E-state index contributed by atoms with van der Waals surface area (Å²) in [5, 5.41) is 12.1. The Morgan fingerprint density at radius 2 is 1.89 bits per heavy atom. The van der Waals surface area contributed by atoms with Crippen LogP contribution in [0.25, 0.3) is 0 Å². The van der Waals surface area contributed by atoms with Gasteiger partial charge in [0, 0.05) is 31.9 Å². The maximum atomic E-state index is 13.0. The standard InChI is InChI=1S/C13H19F2NO2/c1-13(3-4-17,9-18-2)16-8-10-5-11(14)7-12(15)6-10/h5-7,16-17H,3-4,8-9H2,1-2H3. The zero-order chi connectivity index (χ0) is 13.6. The van der Waals surface area contributed by atoms with Crippen LogP contribution < -0.4 is 5.32 Å². The lowest BCUT2D eigenvalue weighted by Crippen LogP contribution is -2.46. The van der Waals surface area contributed by atoms with Crippen molar-refractivity contribution in [3.63, 3.8) is 0 Å². The van der Waals surface area contributed by atoms with Crippen molar-refractivity contribution in [2.75, 3.05) is 20.3 Å². The Labute approximate surface area is 106 Å². The molecule has 0 bridgehead atoms. The zero-order valence-corrected chi connectivity index (χ0v) is 10.7. The number of ether oxygens (including phenoxy) is 1. The van der Waals surface area contributed by atoms with Crippen molar-refractivity contribution in [1.29, 1.82) is 0 Å². The minimum absolute atomic E-state index is 0.0182. The van der Waals surface area contributed by atoms with Gasteiger partial charge in [-0.05, 0) is 31.0 Å². The molecular formula is C13H19F2NO2. The predicted octanol–water partition coefficient (Wildman–Crippen LogP) is 1.84. The quantitative estimate of drug-likeness (QED) is 0.785. The molecule has 102 valence electrons. The fourth-order valence-electron chi connectivity index (χ4n) is 1.81. The third-order valence-electron chi connectivity index (χ3n) is 2.77. The van der Waals surface area contributed by atoms with E-state index in [9.17, 15) is 8.78 Å². The fraction of sp³-hybridized carbons (Fsp3) is 0.538. The monoisotopic (exact) mass is 259 g/mol. The summed E-state index contributed by atoms with van der Waals surface area (Å²) in [5.74, 6) is -1.19. The Morgan fingerprint density at radius 3 is 2.39 bits per heavy atom. The smallest absolute Gasteiger partial charge is 0.126 e. The van der Waals surface area contributed by atoms with Gasteiger partial charge < -0.3 is 15.2 Å². The van der Waals surface area contributed by atoms with Gasteiger partial charge in [-0.1, -0.05) is 0 Å². The Kier molecular flexibility index (Phi) is 5.65. The van der Waals surface area contributed by atoms with Crippen molar-refractivity contribution in [3.05, 3.63) is 35.4 Å². The molecule has 1 unspecified atom stereocenters. The first-order valence-corrected chi connectivity index (χ1v) is 5.79. The molecule has 0 aliphatic carbocycles. The van der Waals surface area contributed by atoms with Crippen molar-refractivity contribution < 1.29 is 18.6 Å². The van der Waals surface area contributed by atoms with E-state index in [4.69, 9.17) is 9.84 Å². The Balaban J connectivity index is 2.66. The molecule has 5 heteroatoms. The third kappa shape index (κ3) is 4.68. The van der Waals surface area contributed by atoms with Crippen LogP contribution in [0.3, 0.4) is 0 Å². The predicted molar refractivity (Wildman–Crippen MR) is 65.2 cm³/mol. The van der Waals surface area contributed by atoms with Gasteiger partial charge in [-0.25, -0.2) is 8.78 Å². The van der Waals surface area contributed by atoms with Crippen LogP contribution in [-0.2, 0) is 11.3 Å². The van der Waals surface area contributed by atoms with Gasteiger partial charge in [0.25, 0.3) is 0 Å². The second-order valence-corrected chi connectivity index (χ2v) is 4.60. The van der Waals surface area contributed by atoms with Crippen LogP contribution in [0, 0.1) is 11.6 Å². The molecule has 18 heavy (non-hydrogen) atoms. The van der Waals surface area contributed by atoms with Gasteiger partial charge >= 0.3 is 0 Å². The fourth-order valence-corrected chi connectivity index (χ4v) is 1.81. The van der Waals surface area contributed by atoms with E-state index < -0.39 is 17.2 Å². The van der Waals surface area contributed by atoms with Gasteiger partial charge in [0.15, 0.2) is 0 Å². The number of halogens is 2. The number of hydrogen-bond acceptors (Lipinski definition) is 3. The van der Waals surface area contributed by atoms with E-state index in [0.29, 0.717) is 25.1 Å². The molecule has 0 saturated carbocycles. The molecule has 0 saturated heterocycles. The molecule has 1 aromatic rings. The van der Waals surface area contributed by atoms with Crippen LogP contribution in [0.2, 0.25) is 0 Å². The van der Waals surface area contributed by atoms with Crippen LogP contribution in [0.1, 0.15) is 18.9 Å². The topological polar surface area (TPSA) is 41.5 Å². The Bertz CT molecular complexity index is 359. The molecule has 2 N–H and O–H groups in total. The average molecular weight is 259 g/mol. The van der Waals surface area contributed by atoms with Crippen molar-refractivity contribution >= 4 is 0 Å². The van der Waals surface area contributed by atoms with Gasteiger partial charge in [0.1, 0.15) is 11.6 Å². The number of hydrogen-bond donors (Lipinski definition) is 2. The van der Waals surface area contributed by atoms with E-state index in [2.05, 4.69) is 5.32 Å². The number of methoxy groups -OCH3 is 1. The molecule has 0 amide bonds. The van der Waals surface area contributed by atoms with E-state index >= 15 is 0 Å². The Hall–Kier alpha value is -1.04. The second kappa shape index (κ2) is 6.78. The number of rotatable bonds is 7. The summed E-state index contributed by atoms with van der Waals surface area (Å²) in [6.07, 6.45) is 0.499. The molecular weight excluding hydrogens is 240 g/mol. The van der Waals surface area contributed by atoms with E-state index in [1.165, 1.54) is 12.1 Å². The highest BCUT2D eigenvalue weighted by Crippen LogP contribution is 2.13. The molecule has 0 radical (unpaired) electrons. The molecule has 1 aromatic carbocycles. The minimum Gasteiger partial charge on any atom is -0.396 e. The molecule has 3 nitrogen and oxygen atoms in total. The maximum Gasteiger partial charge on any atom is 0.126 e. The molecule has 0 aliphatic heterocycles. The number of nitrogens with one attached hydrogen (secondary N) is 1. The van der Waals surface area contributed by atoms with Gasteiger partial charge in [0.05, 0.1) is 6.61 Å². The van der Waals surface area contributed by atoms with Gasteiger partial charge in [-0.3, -0.25) is 0 Å². The second-order valence-electron chi connectivity index (χ2n) is 4.60. The SMILES string of the molecule is COCC(C)(CCO)NCc1cc(F)cc(F)c1. The lowest BCUT2D eigenvalue weighted by Gasteiger charge is -2.29. The first-order chi connectivity index (χ1) is 8.49. The van der Waals surface area contributed by atoms with Crippen LogP contribution in [0.15, 0.2) is 18.2 Å². The summed E-state index contributed by atoms with van der Waals surface area (Å²) in [7, 11) is 1.57. The van der Waals surface area contributed by atoms with E-state index in [1.807, 2.05) is 6.92 Å². The molecule has 0 heterocycles. The van der Waals surface area contributed by atoms with Crippen molar-refractivity contribution in [2.45, 2.75) is 25.4 Å². The maximum absolute atomic E-state index is 13.0.